The zero-order valence-electron chi connectivity index (χ0n) is 9.70. The van der Waals surface area contributed by atoms with Crippen LogP contribution in [0.5, 0.6) is 0 Å². The molecule has 2 atom stereocenters. The van der Waals surface area contributed by atoms with E-state index in [-0.39, 0.29) is 0 Å². The number of hydrogen-bond acceptors (Lipinski definition) is 2. The van der Waals surface area contributed by atoms with Crippen molar-refractivity contribution in [2.24, 2.45) is 11.7 Å². The van der Waals surface area contributed by atoms with Crippen LogP contribution in [0.2, 0.25) is 0 Å². The van der Waals surface area contributed by atoms with E-state index in [1.54, 1.807) is 0 Å². The van der Waals surface area contributed by atoms with E-state index >= 15 is 0 Å². The third-order valence-electron chi connectivity index (χ3n) is 4.90. The first-order chi connectivity index (χ1) is 7.34. The molecule has 2 heteroatoms. The lowest BCUT2D eigenvalue weighted by atomic mass is 9.75. The summed E-state index contributed by atoms with van der Waals surface area (Å²) in [5, 5.41) is 0. The zero-order chi connectivity index (χ0) is 10.3. The average molecular weight is 208 g/mol. The summed E-state index contributed by atoms with van der Waals surface area (Å²) in [7, 11) is 0. The van der Waals surface area contributed by atoms with Crippen LogP contribution in [-0.4, -0.2) is 29.6 Å². The molecule has 0 radical (unpaired) electrons. The molecule has 0 aromatic carbocycles. The van der Waals surface area contributed by atoms with Crippen molar-refractivity contribution < 1.29 is 0 Å². The highest BCUT2D eigenvalue weighted by Gasteiger charge is 2.40. The van der Waals surface area contributed by atoms with Gasteiger partial charge >= 0.3 is 0 Å². The van der Waals surface area contributed by atoms with Gasteiger partial charge in [0.15, 0.2) is 0 Å². The second-order valence-corrected chi connectivity index (χ2v) is 5.88. The van der Waals surface area contributed by atoms with Gasteiger partial charge in [0.1, 0.15) is 0 Å². The molecule has 86 valence electrons. The van der Waals surface area contributed by atoms with Crippen LogP contribution in [0.25, 0.3) is 0 Å². The molecule has 0 bridgehead atoms. The van der Waals surface area contributed by atoms with Gasteiger partial charge in [-0.25, -0.2) is 0 Å². The lowest BCUT2D eigenvalue weighted by molar-refractivity contribution is -0.00762. The van der Waals surface area contributed by atoms with Gasteiger partial charge in [0.25, 0.3) is 0 Å². The topological polar surface area (TPSA) is 29.3 Å². The van der Waals surface area contributed by atoms with E-state index < -0.39 is 0 Å². The smallest absolute Gasteiger partial charge is 0.0128 e. The van der Waals surface area contributed by atoms with Crippen LogP contribution in [0.1, 0.15) is 51.4 Å². The number of nitrogens with zero attached hydrogens (tertiary/aromatic N) is 1. The highest BCUT2D eigenvalue weighted by atomic mass is 15.2. The lowest BCUT2D eigenvalue weighted by Gasteiger charge is -2.51. The molecule has 2 aliphatic carbocycles. The Hall–Kier alpha value is -0.0800. The van der Waals surface area contributed by atoms with Crippen LogP contribution in [0.3, 0.4) is 0 Å². The third kappa shape index (κ3) is 1.83. The summed E-state index contributed by atoms with van der Waals surface area (Å²) in [5.41, 5.74) is 5.92. The van der Waals surface area contributed by atoms with Crippen LogP contribution in [0.15, 0.2) is 0 Å². The maximum absolute atomic E-state index is 5.92. The van der Waals surface area contributed by atoms with Crippen LogP contribution in [0, 0.1) is 5.92 Å². The Labute approximate surface area is 93.2 Å². The Balaban J connectivity index is 1.65. The summed E-state index contributed by atoms with van der Waals surface area (Å²) < 4.78 is 0. The number of nitrogens with two attached hydrogens (primary N) is 1. The van der Waals surface area contributed by atoms with Gasteiger partial charge in [0, 0.05) is 18.1 Å². The molecule has 3 aliphatic rings. The molecule has 0 aromatic heterocycles. The standard InChI is InChI=1S/C13H24N2/c14-11-8-12(9-11)15-7-3-5-10-4-1-2-6-13(10)15/h10-13H,1-9,14H2. The first kappa shape index (κ1) is 10.1. The summed E-state index contributed by atoms with van der Waals surface area (Å²) >= 11 is 0. The van der Waals surface area contributed by atoms with Crippen LogP contribution >= 0.6 is 0 Å². The third-order valence-corrected chi connectivity index (χ3v) is 4.90. The van der Waals surface area contributed by atoms with Crippen molar-refractivity contribution >= 4 is 0 Å². The van der Waals surface area contributed by atoms with Crippen molar-refractivity contribution in [3.8, 4) is 0 Å². The van der Waals surface area contributed by atoms with Crippen molar-refractivity contribution in [2.75, 3.05) is 6.54 Å². The minimum Gasteiger partial charge on any atom is -0.328 e. The van der Waals surface area contributed by atoms with E-state index in [2.05, 4.69) is 4.90 Å². The van der Waals surface area contributed by atoms with Gasteiger partial charge < -0.3 is 5.73 Å². The van der Waals surface area contributed by atoms with E-state index in [0.717, 1.165) is 18.0 Å². The molecule has 2 N–H and O–H groups in total. The van der Waals surface area contributed by atoms with Gasteiger partial charge in [-0.1, -0.05) is 12.8 Å². The SMILES string of the molecule is NC1CC(N2CCCC3CCCCC32)C1. The molecule has 1 saturated heterocycles. The summed E-state index contributed by atoms with van der Waals surface area (Å²) in [6.07, 6.45) is 11.4. The zero-order valence-corrected chi connectivity index (χ0v) is 9.70. The molecule has 2 saturated carbocycles. The minimum atomic E-state index is 0.513. The van der Waals surface area contributed by atoms with Gasteiger partial charge in [-0.2, -0.15) is 0 Å². The van der Waals surface area contributed by atoms with Crippen LogP contribution < -0.4 is 5.73 Å². The molecule has 3 fully saturated rings. The van der Waals surface area contributed by atoms with E-state index in [1.165, 1.54) is 57.9 Å². The minimum absolute atomic E-state index is 0.513. The van der Waals surface area contributed by atoms with E-state index in [9.17, 15) is 0 Å². The fourth-order valence-corrected chi connectivity index (χ4v) is 4.02. The predicted molar refractivity (Wildman–Crippen MR) is 62.7 cm³/mol. The Morgan fingerprint density at radius 2 is 1.67 bits per heavy atom. The van der Waals surface area contributed by atoms with E-state index in [0.29, 0.717) is 6.04 Å². The lowest BCUT2D eigenvalue weighted by Crippen LogP contribution is -2.58. The van der Waals surface area contributed by atoms with Crippen molar-refractivity contribution in [1.82, 2.24) is 4.90 Å². The second-order valence-electron chi connectivity index (χ2n) is 5.88. The normalized spacial score (nSPS) is 47.0. The molecule has 1 aliphatic heterocycles. The Morgan fingerprint density at radius 3 is 2.47 bits per heavy atom. The van der Waals surface area contributed by atoms with Crippen molar-refractivity contribution in [1.29, 1.82) is 0 Å². The maximum Gasteiger partial charge on any atom is 0.0128 e. The number of piperidine rings is 1. The summed E-state index contributed by atoms with van der Waals surface area (Å²) in [6.45, 7) is 1.36. The van der Waals surface area contributed by atoms with Gasteiger partial charge in [0.05, 0.1) is 0 Å². The van der Waals surface area contributed by atoms with Gasteiger partial charge in [-0.05, 0) is 51.0 Å². The molecule has 2 unspecified atom stereocenters. The van der Waals surface area contributed by atoms with Gasteiger partial charge in [0.2, 0.25) is 0 Å². The molecule has 15 heavy (non-hydrogen) atoms. The van der Waals surface area contributed by atoms with Crippen molar-refractivity contribution in [2.45, 2.75) is 69.5 Å². The number of hydrogen-bond donors (Lipinski definition) is 1. The molecule has 2 nitrogen and oxygen atoms in total. The second kappa shape index (κ2) is 4.06. The fourth-order valence-electron chi connectivity index (χ4n) is 4.02. The monoisotopic (exact) mass is 208 g/mol. The first-order valence-electron chi connectivity index (χ1n) is 6.86. The molecule has 1 heterocycles. The van der Waals surface area contributed by atoms with Crippen LogP contribution in [0.4, 0.5) is 0 Å². The molecule has 0 amide bonds. The van der Waals surface area contributed by atoms with Crippen molar-refractivity contribution in [3.63, 3.8) is 0 Å². The van der Waals surface area contributed by atoms with Crippen LogP contribution in [-0.2, 0) is 0 Å². The predicted octanol–water partition coefficient (Wildman–Crippen LogP) is 2.13. The van der Waals surface area contributed by atoms with E-state index in [1.807, 2.05) is 0 Å². The fraction of sp³-hybridized carbons (Fsp3) is 1.00. The Morgan fingerprint density at radius 1 is 0.933 bits per heavy atom. The summed E-state index contributed by atoms with van der Waals surface area (Å²) in [5.74, 6) is 1.03. The molecule has 0 spiro atoms. The van der Waals surface area contributed by atoms with Crippen molar-refractivity contribution in [3.05, 3.63) is 0 Å². The largest absolute Gasteiger partial charge is 0.328 e. The number of likely N-dealkylation sites (tertiary alicyclic amines) is 1. The molecule has 0 aromatic rings. The van der Waals surface area contributed by atoms with Gasteiger partial charge in [-0.3, -0.25) is 4.90 Å². The number of fused-ring (bicyclic) bond motifs is 1. The number of rotatable bonds is 1. The maximum atomic E-state index is 5.92. The van der Waals surface area contributed by atoms with E-state index in [4.69, 9.17) is 5.73 Å². The Bertz CT molecular complexity index is 221. The highest BCUT2D eigenvalue weighted by Crippen LogP contribution is 2.39. The quantitative estimate of drug-likeness (QED) is 0.715. The first-order valence-corrected chi connectivity index (χ1v) is 6.86. The molecular weight excluding hydrogens is 184 g/mol. The summed E-state index contributed by atoms with van der Waals surface area (Å²) in [6, 6.07) is 2.30. The van der Waals surface area contributed by atoms with Gasteiger partial charge in [-0.15, -0.1) is 0 Å². The molecule has 3 rings (SSSR count). The Kier molecular flexibility index (Phi) is 2.73. The molecular formula is C13H24N2. The average Bonchev–Trinajstić information content (AvgIpc) is 2.24. The highest BCUT2D eigenvalue weighted by molar-refractivity contribution is 4.96. The summed E-state index contributed by atoms with van der Waals surface area (Å²) in [4.78, 5) is 2.83.